The lowest BCUT2D eigenvalue weighted by Crippen LogP contribution is -2.40. The zero-order valence-electron chi connectivity index (χ0n) is 15.7. The van der Waals surface area contributed by atoms with Gasteiger partial charge >= 0.3 is 0 Å². The first kappa shape index (κ1) is 23.1. The van der Waals surface area contributed by atoms with Gasteiger partial charge in [-0.3, -0.25) is 4.79 Å². The van der Waals surface area contributed by atoms with Crippen LogP contribution >= 0.6 is 12.4 Å². The highest BCUT2D eigenvalue weighted by molar-refractivity contribution is 7.89. The summed E-state index contributed by atoms with van der Waals surface area (Å²) >= 11 is 0. The van der Waals surface area contributed by atoms with Crippen LogP contribution in [0.2, 0.25) is 0 Å². The van der Waals surface area contributed by atoms with Gasteiger partial charge in [-0.15, -0.1) is 12.4 Å². The van der Waals surface area contributed by atoms with E-state index in [1.165, 1.54) is 0 Å². The van der Waals surface area contributed by atoms with Crippen LogP contribution in [-0.4, -0.2) is 34.5 Å². The molecule has 0 aliphatic rings. The van der Waals surface area contributed by atoms with Gasteiger partial charge in [-0.2, -0.15) is 0 Å². The Hall–Kier alpha value is -1.93. The van der Waals surface area contributed by atoms with E-state index in [2.05, 4.69) is 15.4 Å². The van der Waals surface area contributed by atoms with E-state index in [0.29, 0.717) is 5.56 Å². The van der Waals surface area contributed by atoms with Gasteiger partial charge in [-0.25, -0.2) is 13.1 Å². The minimum absolute atomic E-state index is 0. The zero-order valence-corrected chi connectivity index (χ0v) is 17.3. The van der Waals surface area contributed by atoms with Crippen LogP contribution in [0.25, 0.3) is 0 Å². The molecule has 2 aromatic carbocycles. The SMILES string of the molecule is CNCC(=O)NC(CNS(=O)(=O)c1ccc(C)cc1C)c1ccccc1.Cl. The monoisotopic (exact) mass is 411 g/mol. The van der Waals surface area contributed by atoms with Crippen molar-refractivity contribution in [2.45, 2.75) is 24.8 Å². The minimum Gasteiger partial charge on any atom is -0.347 e. The van der Waals surface area contributed by atoms with Gasteiger partial charge in [-0.05, 0) is 38.1 Å². The molecule has 1 amide bonds. The number of likely N-dealkylation sites (N-methyl/N-ethyl adjacent to an activating group) is 1. The summed E-state index contributed by atoms with van der Waals surface area (Å²) in [4.78, 5) is 12.2. The number of halogens is 1. The van der Waals surface area contributed by atoms with Crippen molar-refractivity contribution in [2.24, 2.45) is 0 Å². The molecule has 0 fully saturated rings. The molecular weight excluding hydrogens is 386 g/mol. The number of hydrogen-bond donors (Lipinski definition) is 3. The van der Waals surface area contributed by atoms with Gasteiger partial charge in [0.25, 0.3) is 0 Å². The molecule has 0 aliphatic carbocycles. The normalized spacial score (nSPS) is 12.1. The van der Waals surface area contributed by atoms with Crippen LogP contribution in [-0.2, 0) is 14.8 Å². The fraction of sp³-hybridized carbons (Fsp3) is 0.316. The number of aryl methyl sites for hydroxylation is 2. The van der Waals surface area contributed by atoms with Crippen molar-refractivity contribution in [3.63, 3.8) is 0 Å². The highest BCUT2D eigenvalue weighted by Crippen LogP contribution is 2.18. The van der Waals surface area contributed by atoms with Gasteiger partial charge in [0.15, 0.2) is 0 Å². The number of sulfonamides is 1. The molecule has 0 aromatic heterocycles. The molecule has 1 atom stereocenters. The second-order valence-electron chi connectivity index (χ2n) is 6.18. The van der Waals surface area contributed by atoms with E-state index in [1.54, 1.807) is 26.1 Å². The van der Waals surface area contributed by atoms with Crippen molar-refractivity contribution in [1.29, 1.82) is 0 Å². The minimum atomic E-state index is -3.68. The van der Waals surface area contributed by atoms with E-state index in [1.807, 2.05) is 43.3 Å². The summed E-state index contributed by atoms with van der Waals surface area (Å²) < 4.78 is 28.0. The standard InChI is InChI=1S/C19H25N3O3S.ClH/c1-14-9-10-18(15(2)11-14)26(24,25)21-12-17(22-19(23)13-20-3)16-7-5-4-6-8-16;/h4-11,17,20-21H,12-13H2,1-3H3,(H,22,23);1H. The second-order valence-corrected chi connectivity index (χ2v) is 7.92. The molecule has 0 radical (unpaired) electrons. The molecule has 0 saturated carbocycles. The summed E-state index contributed by atoms with van der Waals surface area (Å²) in [7, 11) is -2.00. The predicted molar refractivity (Wildman–Crippen MR) is 110 cm³/mol. The summed E-state index contributed by atoms with van der Waals surface area (Å²) in [6.07, 6.45) is 0. The highest BCUT2D eigenvalue weighted by Gasteiger charge is 2.21. The largest absolute Gasteiger partial charge is 0.347 e. The molecular formula is C19H26ClN3O3S. The van der Waals surface area contributed by atoms with Gasteiger partial charge < -0.3 is 10.6 Å². The van der Waals surface area contributed by atoms with Crippen LogP contribution in [0.5, 0.6) is 0 Å². The molecule has 0 bridgehead atoms. The van der Waals surface area contributed by atoms with Gasteiger partial charge in [0.2, 0.25) is 15.9 Å². The van der Waals surface area contributed by atoms with E-state index < -0.39 is 16.1 Å². The molecule has 3 N–H and O–H groups in total. The summed E-state index contributed by atoms with van der Waals surface area (Å²) in [6, 6.07) is 14.0. The number of carbonyl (C=O) groups excluding carboxylic acids is 1. The summed E-state index contributed by atoms with van der Waals surface area (Å²) in [5.41, 5.74) is 2.52. The van der Waals surface area contributed by atoms with E-state index in [0.717, 1.165) is 11.1 Å². The molecule has 0 aliphatic heterocycles. The van der Waals surface area contributed by atoms with E-state index in [4.69, 9.17) is 0 Å². The Bertz CT molecular complexity index is 858. The van der Waals surface area contributed by atoms with Crippen LogP contribution in [0.3, 0.4) is 0 Å². The Morgan fingerprint density at radius 3 is 2.33 bits per heavy atom. The van der Waals surface area contributed by atoms with Gasteiger partial charge in [0, 0.05) is 6.54 Å². The fourth-order valence-corrected chi connectivity index (χ4v) is 3.99. The maximum Gasteiger partial charge on any atom is 0.240 e. The van der Waals surface area contributed by atoms with Gasteiger partial charge in [-0.1, -0.05) is 48.0 Å². The second kappa shape index (κ2) is 10.4. The summed E-state index contributed by atoms with van der Waals surface area (Å²) in [5.74, 6) is -0.202. The Balaban J connectivity index is 0.00000364. The number of carbonyl (C=O) groups is 1. The Morgan fingerprint density at radius 1 is 1.07 bits per heavy atom. The Labute approximate surface area is 167 Å². The molecule has 0 saturated heterocycles. The third kappa shape index (κ3) is 6.62. The fourth-order valence-electron chi connectivity index (χ4n) is 2.72. The Kier molecular flexibility index (Phi) is 8.92. The molecule has 27 heavy (non-hydrogen) atoms. The molecule has 2 rings (SSSR count). The predicted octanol–water partition coefficient (Wildman–Crippen LogP) is 2.08. The lowest BCUT2D eigenvalue weighted by molar-refractivity contribution is -0.120. The van der Waals surface area contributed by atoms with Crippen molar-refractivity contribution in [2.75, 3.05) is 20.1 Å². The number of amides is 1. The van der Waals surface area contributed by atoms with Crippen LogP contribution < -0.4 is 15.4 Å². The maximum atomic E-state index is 12.7. The maximum absolute atomic E-state index is 12.7. The number of rotatable bonds is 8. The molecule has 1 unspecified atom stereocenters. The first-order valence-electron chi connectivity index (χ1n) is 8.39. The molecule has 6 nitrogen and oxygen atoms in total. The van der Waals surface area contributed by atoms with Gasteiger partial charge in [0.05, 0.1) is 17.5 Å². The third-order valence-corrected chi connectivity index (χ3v) is 5.56. The van der Waals surface area contributed by atoms with Crippen molar-refractivity contribution < 1.29 is 13.2 Å². The molecule has 0 heterocycles. The highest BCUT2D eigenvalue weighted by atomic mass is 35.5. The van der Waals surface area contributed by atoms with Crippen molar-refractivity contribution in [3.05, 3.63) is 65.2 Å². The molecule has 2 aromatic rings. The lowest BCUT2D eigenvalue weighted by atomic mass is 10.1. The average Bonchev–Trinajstić information content (AvgIpc) is 2.59. The number of nitrogens with one attached hydrogen (secondary N) is 3. The van der Waals surface area contributed by atoms with Crippen LogP contribution in [0.1, 0.15) is 22.7 Å². The average molecular weight is 412 g/mol. The number of hydrogen-bond acceptors (Lipinski definition) is 4. The zero-order chi connectivity index (χ0) is 19.2. The van der Waals surface area contributed by atoms with Crippen LogP contribution in [0.15, 0.2) is 53.4 Å². The quantitative estimate of drug-likeness (QED) is 0.620. The van der Waals surface area contributed by atoms with Crippen molar-refractivity contribution in [3.8, 4) is 0 Å². The van der Waals surface area contributed by atoms with Crippen molar-refractivity contribution >= 4 is 28.3 Å². The molecule has 8 heteroatoms. The van der Waals surface area contributed by atoms with E-state index in [9.17, 15) is 13.2 Å². The topological polar surface area (TPSA) is 87.3 Å². The smallest absolute Gasteiger partial charge is 0.240 e. The summed E-state index contributed by atoms with van der Waals surface area (Å²) in [5, 5.41) is 5.64. The third-order valence-electron chi connectivity index (χ3n) is 3.97. The first-order valence-corrected chi connectivity index (χ1v) is 9.87. The molecule has 148 valence electrons. The van der Waals surface area contributed by atoms with Crippen molar-refractivity contribution in [1.82, 2.24) is 15.4 Å². The molecule has 0 spiro atoms. The van der Waals surface area contributed by atoms with E-state index >= 15 is 0 Å². The van der Waals surface area contributed by atoms with Gasteiger partial charge in [0.1, 0.15) is 0 Å². The number of benzene rings is 2. The van der Waals surface area contributed by atoms with Crippen LogP contribution in [0.4, 0.5) is 0 Å². The Morgan fingerprint density at radius 2 is 1.74 bits per heavy atom. The lowest BCUT2D eigenvalue weighted by Gasteiger charge is -2.20. The summed E-state index contributed by atoms with van der Waals surface area (Å²) in [6.45, 7) is 3.91. The first-order chi connectivity index (χ1) is 12.3. The van der Waals surface area contributed by atoms with E-state index in [-0.39, 0.29) is 36.3 Å². The van der Waals surface area contributed by atoms with Crippen LogP contribution in [0, 0.1) is 13.8 Å².